The summed E-state index contributed by atoms with van der Waals surface area (Å²) in [6.45, 7) is 1.26. The molecule has 2 aromatic carbocycles. The fourth-order valence-electron chi connectivity index (χ4n) is 1.99. The molecule has 0 aromatic heterocycles. The fraction of sp³-hybridized carbons (Fsp3) is 0.188. The molecule has 3 rings (SSSR count). The van der Waals surface area contributed by atoms with Crippen molar-refractivity contribution in [2.24, 2.45) is 0 Å². The quantitative estimate of drug-likeness (QED) is 0.840. The molecule has 1 aliphatic heterocycles. The molecule has 3 nitrogen and oxygen atoms in total. The molecule has 0 aliphatic carbocycles. The van der Waals surface area contributed by atoms with E-state index >= 15 is 0 Å². The lowest BCUT2D eigenvalue weighted by Gasteiger charge is -2.09. The molecule has 0 bridgehead atoms. The van der Waals surface area contributed by atoms with E-state index in [0.717, 1.165) is 17.1 Å². The Morgan fingerprint density at radius 3 is 2.62 bits per heavy atom. The van der Waals surface area contributed by atoms with Crippen LogP contribution in [0.3, 0.4) is 0 Å². The molecule has 106 valence electrons. The predicted octanol–water partition coefficient (Wildman–Crippen LogP) is 4.01. The highest BCUT2D eigenvalue weighted by atomic mass is 32.2. The van der Waals surface area contributed by atoms with Crippen molar-refractivity contribution in [1.82, 2.24) is 0 Å². The van der Waals surface area contributed by atoms with Gasteiger partial charge in [-0.1, -0.05) is 11.8 Å². The van der Waals surface area contributed by atoms with Crippen LogP contribution < -0.4 is 9.47 Å². The van der Waals surface area contributed by atoms with Gasteiger partial charge in [-0.15, -0.1) is 0 Å². The number of nitrogens with zero attached hydrogens (tertiary/aromatic N) is 1. The summed E-state index contributed by atoms with van der Waals surface area (Å²) >= 11 is 1.29. The van der Waals surface area contributed by atoms with Crippen molar-refractivity contribution in [2.45, 2.75) is 16.2 Å². The average molecular weight is 301 g/mol. The van der Waals surface area contributed by atoms with E-state index in [0.29, 0.717) is 29.4 Å². The van der Waals surface area contributed by atoms with Gasteiger partial charge < -0.3 is 9.47 Å². The lowest BCUT2D eigenvalue weighted by atomic mass is 10.2. The first-order chi connectivity index (χ1) is 10.3. The molecule has 0 unspecified atom stereocenters. The van der Waals surface area contributed by atoms with Crippen molar-refractivity contribution in [3.63, 3.8) is 0 Å². The topological polar surface area (TPSA) is 42.2 Å². The van der Waals surface area contributed by atoms with Gasteiger partial charge in [-0.25, -0.2) is 4.39 Å². The van der Waals surface area contributed by atoms with Crippen molar-refractivity contribution in [1.29, 1.82) is 5.26 Å². The molecule has 0 saturated heterocycles. The standard InChI is InChI=1S/C16H12FNO2S/c17-13-8-11(10-18)2-5-16(13)21-12-3-4-14-15(9-12)20-7-1-6-19-14/h2-5,8-9H,1,6-7H2. The van der Waals surface area contributed by atoms with Crippen molar-refractivity contribution in [3.05, 3.63) is 47.8 Å². The highest BCUT2D eigenvalue weighted by Gasteiger charge is 2.12. The Hall–Kier alpha value is -2.19. The largest absolute Gasteiger partial charge is 0.490 e. The van der Waals surface area contributed by atoms with Gasteiger partial charge in [0.2, 0.25) is 0 Å². The second kappa shape index (κ2) is 6.06. The van der Waals surface area contributed by atoms with Gasteiger partial charge in [0.25, 0.3) is 0 Å². The van der Waals surface area contributed by atoms with Crippen LogP contribution >= 0.6 is 11.8 Å². The number of hydrogen-bond donors (Lipinski definition) is 0. The summed E-state index contributed by atoms with van der Waals surface area (Å²) in [5.41, 5.74) is 0.315. The molecule has 0 radical (unpaired) electrons. The van der Waals surface area contributed by atoms with E-state index < -0.39 is 5.82 Å². The Labute approximate surface area is 126 Å². The minimum atomic E-state index is -0.397. The van der Waals surface area contributed by atoms with Crippen LogP contribution in [0.4, 0.5) is 4.39 Å². The van der Waals surface area contributed by atoms with Gasteiger partial charge >= 0.3 is 0 Å². The van der Waals surface area contributed by atoms with Gasteiger partial charge in [0.15, 0.2) is 11.5 Å². The number of ether oxygens (including phenoxy) is 2. The monoisotopic (exact) mass is 301 g/mol. The van der Waals surface area contributed by atoms with Crippen LogP contribution in [0.5, 0.6) is 11.5 Å². The van der Waals surface area contributed by atoms with E-state index in [-0.39, 0.29) is 0 Å². The van der Waals surface area contributed by atoms with Crippen molar-refractivity contribution in [3.8, 4) is 17.6 Å². The molecule has 0 atom stereocenters. The summed E-state index contributed by atoms with van der Waals surface area (Å²) < 4.78 is 25.1. The predicted molar refractivity (Wildman–Crippen MR) is 77.3 cm³/mol. The second-order valence-electron chi connectivity index (χ2n) is 4.52. The van der Waals surface area contributed by atoms with Gasteiger partial charge in [-0.3, -0.25) is 0 Å². The van der Waals surface area contributed by atoms with Crippen LogP contribution in [-0.2, 0) is 0 Å². The zero-order valence-electron chi connectivity index (χ0n) is 11.1. The average Bonchev–Trinajstić information content (AvgIpc) is 2.74. The van der Waals surface area contributed by atoms with Crippen LogP contribution in [0.2, 0.25) is 0 Å². The van der Waals surface area contributed by atoms with Gasteiger partial charge in [0.05, 0.1) is 24.8 Å². The van der Waals surface area contributed by atoms with Gasteiger partial charge in [0, 0.05) is 16.2 Å². The lowest BCUT2D eigenvalue weighted by molar-refractivity contribution is 0.297. The minimum Gasteiger partial charge on any atom is -0.490 e. The summed E-state index contributed by atoms with van der Waals surface area (Å²) in [5.74, 6) is 1.01. The Bertz CT molecular complexity index is 712. The lowest BCUT2D eigenvalue weighted by Crippen LogP contribution is -1.97. The third kappa shape index (κ3) is 3.11. The maximum Gasteiger partial charge on any atom is 0.162 e. The first kappa shape index (κ1) is 13.8. The van der Waals surface area contributed by atoms with E-state index in [9.17, 15) is 4.39 Å². The second-order valence-corrected chi connectivity index (χ2v) is 5.63. The number of halogens is 1. The molecule has 1 heterocycles. The maximum atomic E-state index is 13.9. The molecule has 0 N–H and O–H groups in total. The SMILES string of the molecule is N#Cc1ccc(Sc2ccc3c(c2)OCCCO3)c(F)c1. The third-order valence-electron chi connectivity index (χ3n) is 3.01. The number of fused-ring (bicyclic) bond motifs is 1. The molecule has 0 spiro atoms. The van der Waals surface area contributed by atoms with Gasteiger partial charge in [-0.2, -0.15) is 5.26 Å². The molecule has 0 saturated carbocycles. The zero-order valence-corrected chi connectivity index (χ0v) is 12.0. The van der Waals surface area contributed by atoms with E-state index in [1.807, 2.05) is 24.3 Å². The van der Waals surface area contributed by atoms with Crippen LogP contribution in [0, 0.1) is 17.1 Å². The molecule has 0 amide bonds. The molecule has 2 aromatic rings. The molecular formula is C16H12FNO2S. The normalized spacial score (nSPS) is 13.3. The molecule has 5 heteroatoms. The first-order valence-electron chi connectivity index (χ1n) is 6.53. The molecule has 0 fully saturated rings. The molecule has 21 heavy (non-hydrogen) atoms. The Morgan fingerprint density at radius 2 is 1.86 bits per heavy atom. The Morgan fingerprint density at radius 1 is 1.05 bits per heavy atom. The summed E-state index contributed by atoms with van der Waals surface area (Å²) in [6.07, 6.45) is 0.849. The van der Waals surface area contributed by atoms with Crippen molar-refractivity contribution in [2.75, 3.05) is 13.2 Å². The van der Waals surface area contributed by atoms with Crippen LogP contribution in [0.15, 0.2) is 46.2 Å². The maximum absolute atomic E-state index is 13.9. The molecular weight excluding hydrogens is 289 g/mol. The smallest absolute Gasteiger partial charge is 0.162 e. The third-order valence-corrected chi connectivity index (χ3v) is 4.05. The van der Waals surface area contributed by atoms with E-state index in [1.54, 1.807) is 12.1 Å². The number of nitriles is 1. The van der Waals surface area contributed by atoms with Crippen molar-refractivity contribution < 1.29 is 13.9 Å². The van der Waals surface area contributed by atoms with Crippen molar-refractivity contribution >= 4 is 11.8 Å². The number of benzene rings is 2. The van der Waals surface area contributed by atoms with Gasteiger partial charge in [-0.05, 0) is 36.4 Å². The van der Waals surface area contributed by atoms with Crippen LogP contribution in [-0.4, -0.2) is 13.2 Å². The highest BCUT2D eigenvalue weighted by molar-refractivity contribution is 7.99. The van der Waals surface area contributed by atoms with E-state index in [1.165, 1.54) is 17.8 Å². The Balaban J connectivity index is 1.85. The minimum absolute atomic E-state index is 0.315. The summed E-state index contributed by atoms with van der Waals surface area (Å²) in [5, 5.41) is 8.75. The summed E-state index contributed by atoms with van der Waals surface area (Å²) in [6, 6.07) is 11.9. The number of hydrogen-bond acceptors (Lipinski definition) is 4. The fourth-order valence-corrected chi connectivity index (χ4v) is 2.84. The van der Waals surface area contributed by atoms with Crippen LogP contribution in [0.25, 0.3) is 0 Å². The highest BCUT2D eigenvalue weighted by Crippen LogP contribution is 2.37. The Kier molecular flexibility index (Phi) is 3.98. The zero-order chi connectivity index (χ0) is 14.7. The van der Waals surface area contributed by atoms with Crippen LogP contribution in [0.1, 0.15) is 12.0 Å². The van der Waals surface area contributed by atoms with E-state index in [4.69, 9.17) is 14.7 Å². The summed E-state index contributed by atoms with van der Waals surface area (Å²) in [7, 11) is 0. The number of rotatable bonds is 2. The van der Waals surface area contributed by atoms with E-state index in [2.05, 4.69) is 0 Å². The molecule has 1 aliphatic rings. The van der Waals surface area contributed by atoms with Gasteiger partial charge in [0.1, 0.15) is 5.82 Å². The first-order valence-corrected chi connectivity index (χ1v) is 7.35. The summed E-state index contributed by atoms with van der Waals surface area (Å²) in [4.78, 5) is 1.34.